The van der Waals surface area contributed by atoms with E-state index in [0.717, 1.165) is 31.2 Å². The molecule has 142 valence electrons. The molecule has 1 aliphatic carbocycles. The normalized spacial score (nSPS) is 14.6. The Morgan fingerprint density at radius 3 is 2.37 bits per heavy atom. The minimum Gasteiger partial charge on any atom is -0.352 e. The Kier molecular flexibility index (Phi) is 6.52. The van der Waals surface area contributed by atoms with Crippen molar-refractivity contribution in [3.8, 4) is 0 Å². The zero-order valence-electron chi connectivity index (χ0n) is 15.2. The lowest BCUT2D eigenvalue weighted by molar-refractivity contribution is 0.0927. The van der Waals surface area contributed by atoms with Gasteiger partial charge < -0.3 is 10.6 Å². The van der Waals surface area contributed by atoms with Gasteiger partial charge in [-0.2, -0.15) is 0 Å². The third-order valence-electron chi connectivity index (χ3n) is 4.82. The highest BCUT2D eigenvalue weighted by atomic mass is 19.1. The molecule has 0 bridgehead atoms. The van der Waals surface area contributed by atoms with Gasteiger partial charge in [0.25, 0.3) is 11.8 Å². The number of pyridine rings is 1. The van der Waals surface area contributed by atoms with E-state index in [4.69, 9.17) is 0 Å². The Hall–Kier alpha value is -2.76. The average molecular weight is 369 g/mol. The van der Waals surface area contributed by atoms with Gasteiger partial charge >= 0.3 is 0 Å². The highest BCUT2D eigenvalue weighted by Gasteiger charge is 2.17. The number of rotatable bonds is 6. The molecule has 2 aromatic rings. The highest BCUT2D eigenvalue weighted by molar-refractivity contribution is 5.99. The minimum atomic E-state index is -0.281. The Labute approximate surface area is 158 Å². The second kappa shape index (κ2) is 9.26. The average Bonchev–Trinajstić information content (AvgIpc) is 2.70. The van der Waals surface area contributed by atoms with Crippen LogP contribution in [-0.4, -0.2) is 29.4 Å². The van der Waals surface area contributed by atoms with E-state index in [1.54, 1.807) is 18.2 Å². The van der Waals surface area contributed by atoms with Crippen LogP contribution in [0.25, 0.3) is 0 Å². The summed E-state index contributed by atoms with van der Waals surface area (Å²) < 4.78 is 12.9. The number of halogens is 1. The third kappa shape index (κ3) is 5.61. The van der Waals surface area contributed by atoms with Crippen LogP contribution in [0.3, 0.4) is 0 Å². The smallest absolute Gasteiger partial charge is 0.253 e. The molecule has 27 heavy (non-hydrogen) atoms. The second-order valence-corrected chi connectivity index (χ2v) is 6.90. The van der Waals surface area contributed by atoms with Gasteiger partial charge in [-0.25, -0.2) is 4.39 Å². The minimum absolute atomic E-state index is 0.185. The first-order valence-electron chi connectivity index (χ1n) is 9.40. The van der Waals surface area contributed by atoms with E-state index in [1.165, 1.54) is 30.9 Å². The molecule has 6 heteroatoms. The highest BCUT2D eigenvalue weighted by Crippen LogP contribution is 2.18. The van der Waals surface area contributed by atoms with Crippen molar-refractivity contribution in [3.05, 3.63) is 65.2 Å². The summed E-state index contributed by atoms with van der Waals surface area (Å²) in [5.41, 5.74) is 1.69. The predicted molar refractivity (Wildman–Crippen MR) is 101 cm³/mol. The van der Waals surface area contributed by atoms with Gasteiger partial charge in [0.15, 0.2) is 0 Å². The topological polar surface area (TPSA) is 71.1 Å². The fourth-order valence-electron chi connectivity index (χ4n) is 3.28. The van der Waals surface area contributed by atoms with Gasteiger partial charge in [-0.3, -0.25) is 14.6 Å². The molecule has 5 nitrogen and oxygen atoms in total. The fourth-order valence-corrected chi connectivity index (χ4v) is 3.28. The Bertz CT molecular complexity index is 786. The molecule has 2 amide bonds. The molecule has 1 heterocycles. The van der Waals surface area contributed by atoms with Gasteiger partial charge in [0, 0.05) is 25.0 Å². The van der Waals surface area contributed by atoms with Crippen molar-refractivity contribution in [2.24, 2.45) is 0 Å². The van der Waals surface area contributed by atoms with Crippen molar-refractivity contribution < 1.29 is 14.0 Å². The van der Waals surface area contributed by atoms with Crippen molar-refractivity contribution in [2.75, 3.05) is 6.54 Å². The van der Waals surface area contributed by atoms with Gasteiger partial charge in [-0.15, -0.1) is 0 Å². The number of carbonyl (C=O) groups excluding carboxylic acids is 2. The number of carbonyl (C=O) groups is 2. The van der Waals surface area contributed by atoms with Crippen molar-refractivity contribution in [2.45, 2.75) is 44.6 Å². The Morgan fingerprint density at radius 1 is 1.00 bits per heavy atom. The molecule has 1 aliphatic rings. The summed E-state index contributed by atoms with van der Waals surface area (Å²) in [6.07, 6.45) is 9.03. The molecule has 0 saturated heterocycles. The van der Waals surface area contributed by atoms with Crippen molar-refractivity contribution in [3.63, 3.8) is 0 Å². The van der Waals surface area contributed by atoms with E-state index in [0.29, 0.717) is 24.1 Å². The third-order valence-corrected chi connectivity index (χ3v) is 4.82. The molecule has 0 atom stereocenters. The van der Waals surface area contributed by atoms with Crippen molar-refractivity contribution in [1.82, 2.24) is 15.6 Å². The molecule has 0 aliphatic heterocycles. The van der Waals surface area contributed by atoms with Crippen LogP contribution in [0.5, 0.6) is 0 Å². The number of hydrogen-bond donors (Lipinski definition) is 2. The van der Waals surface area contributed by atoms with Crippen LogP contribution in [0.2, 0.25) is 0 Å². The maximum Gasteiger partial charge on any atom is 0.253 e. The summed E-state index contributed by atoms with van der Waals surface area (Å²) >= 11 is 0. The number of nitrogens with one attached hydrogen (secondary N) is 2. The van der Waals surface area contributed by atoms with Gasteiger partial charge in [-0.05, 0) is 43.0 Å². The van der Waals surface area contributed by atoms with E-state index < -0.39 is 0 Å². The molecular formula is C21H24FN3O2. The number of benzene rings is 1. The quantitative estimate of drug-likeness (QED) is 0.821. The van der Waals surface area contributed by atoms with Gasteiger partial charge in [0.05, 0.1) is 11.1 Å². The van der Waals surface area contributed by atoms with E-state index >= 15 is 0 Å². The lowest BCUT2D eigenvalue weighted by atomic mass is 9.95. The maximum absolute atomic E-state index is 12.9. The molecule has 2 N–H and O–H groups in total. The van der Waals surface area contributed by atoms with Crippen LogP contribution in [0.1, 0.15) is 58.4 Å². The first kappa shape index (κ1) is 19.0. The summed E-state index contributed by atoms with van der Waals surface area (Å²) in [5, 5.41) is 5.83. The number of amides is 2. The molecule has 1 saturated carbocycles. The van der Waals surface area contributed by atoms with Gasteiger partial charge in [0.2, 0.25) is 0 Å². The van der Waals surface area contributed by atoms with Gasteiger partial charge in [0.1, 0.15) is 5.82 Å². The van der Waals surface area contributed by atoms with Crippen LogP contribution >= 0.6 is 0 Å². The van der Waals surface area contributed by atoms with Crippen LogP contribution in [0.15, 0.2) is 42.7 Å². The monoisotopic (exact) mass is 369 g/mol. The van der Waals surface area contributed by atoms with Crippen LogP contribution < -0.4 is 10.6 Å². The fraction of sp³-hybridized carbons (Fsp3) is 0.381. The molecule has 1 aromatic heterocycles. The van der Waals surface area contributed by atoms with E-state index in [9.17, 15) is 14.0 Å². The van der Waals surface area contributed by atoms with Crippen LogP contribution in [-0.2, 0) is 6.42 Å². The van der Waals surface area contributed by atoms with Gasteiger partial charge in [-0.1, -0.05) is 31.4 Å². The Balaban J connectivity index is 1.53. The lowest BCUT2D eigenvalue weighted by Gasteiger charge is -2.22. The number of nitrogens with zero attached hydrogens (tertiary/aromatic N) is 1. The zero-order valence-corrected chi connectivity index (χ0v) is 15.2. The number of aromatic nitrogens is 1. The molecule has 0 unspecified atom stereocenters. The second-order valence-electron chi connectivity index (χ2n) is 6.90. The first-order valence-corrected chi connectivity index (χ1v) is 9.40. The van der Waals surface area contributed by atoms with Crippen LogP contribution in [0, 0.1) is 5.82 Å². The van der Waals surface area contributed by atoms with E-state index in [2.05, 4.69) is 15.6 Å². The summed E-state index contributed by atoms with van der Waals surface area (Å²) in [6.45, 7) is 0.420. The predicted octanol–water partition coefficient (Wildman–Crippen LogP) is 3.26. The van der Waals surface area contributed by atoms with Crippen LogP contribution in [0.4, 0.5) is 4.39 Å². The summed E-state index contributed by atoms with van der Waals surface area (Å²) in [7, 11) is 0. The van der Waals surface area contributed by atoms with E-state index in [1.807, 2.05) is 0 Å². The van der Waals surface area contributed by atoms with Crippen molar-refractivity contribution in [1.29, 1.82) is 0 Å². The summed E-state index contributed by atoms with van der Waals surface area (Å²) in [6, 6.07) is 7.96. The largest absolute Gasteiger partial charge is 0.352 e. The number of hydrogen-bond acceptors (Lipinski definition) is 3. The maximum atomic E-state index is 12.9. The molecule has 0 radical (unpaired) electrons. The molecule has 3 rings (SSSR count). The lowest BCUT2D eigenvalue weighted by Crippen LogP contribution is -2.36. The molecule has 1 aromatic carbocycles. The summed E-state index contributed by atoms with van der Waals surface area (Å²) in [5.74, 6) is -0.746. The summed E-state index contributed by atoms with van der Waals surface area (Å²) in [4.78, 5) is 28.7. The molecule has 0 spiro atoms. The molecular weight excluding hydrogens is 345 g/mol. The Morgan fingerprint density at radius 2 is 1.67 bits per heavy atom. The van der Waals surface area contributed by atoms with Crippen molar-refractivity contribution >= 4 is 11.8 Å². The standard InChI is InChI=1S/C21H24FN3O2/c22-18-8-6-15(7-9-18)10-11-24-20(26)16-12-17(14-23-13-16)21(27)25-19-4-2-1-3-5-19/h6-9,12-14,19H,1-5,10-11H2,(H,24,26)(H,25,27). The first-order chi connectivity index (χ1) is 13.1. The zero-order chi connectivity index (χ0) is 19.1. The van der Waals surface area contributed by atoms with E-state index in [-0.39, 0.29) is 23.7 Å². The SMILES string of the molecule is O=C(NCCc1ccc(F)cc1)c1cncc(C(=O)NC2CCCCC2)c1. The molecule has 1 fully saturated rings.